The van der Waals surface area contributed by atoms with Gasteiger partial charge in [0, 0.05) is 18.3 Å². The van der Waals surface area contributed by atoms with E-state index in [2.05, 4.69) is 87.5 Å². The lowest BCUT2D eigenvalue weighted by Crippen LogP contribution is -2.11. The molecule has 2 nitrogen and oxygen atoms in total. The number of aryl methyl sites for hydroxylation is 2. The molecule has 21 heavy (non-hydrogen) atoms. The largest absolute Gasteiger partial charge is 0.379 e. The highest BCUT2D eigenvalue weighted by Crippen LogP contribution is 2.22. The fraction of sp³-hybridized carbons (Fsp3) is 0.368. The van der Waals surface area contributed by atoms with E-state index in [0.29, 0.717) is 6.04 Å². The smallest absolute Gasteiger partial charge is 0.0485 e. The van der Waals surface area contributed by atoms with Crippen LogP contribution in [0.15, 0.2) is 42.5 Å². The van der Waals surface area contributed by atoms with E-state index in [0.717, 1.165) is 6.54 Å². The molecule has 0 aliphatic heterocycles. The van der Waals surface area contributed by atoms with Gasteiger partial charge < -0.3 is 10.2 Å². The number of hydrogen-bond donors (Lipinski definition) is 1. The van der Waals surface area contributed by atoms with Crippen LogP contribution in [0.1, 0.15) is 35.2 Å². The minimum atomic E-state index is 0.309. The van der Waals surface area contributed by atoms with Gasteiger partial charge in [0.2, 0.25) is 0 Å². The number of rotatable bonds is 5. The van der Waals surface area contributed by atoms with E-state index in [-0.39, 0.29) is 0 Å². The number of benzene rings is 2. The first-order valence-corrected chi connectivity index (χ1v) is 7.52. The van der Waals surface area contributed by atoms with Gasteiger partial charge in [-0.25, -0.2) is 0 Å². The minimum absolute atomic E-state index is 0.309. The van der Waals surface area contributed by atoms with E-state index in [1.807, 2.05) is 0 Å². The number of anilines is 1. The molecule has 0 heterocycles. The van der Waals surface area contributed by atoms with Crippen LogP contribution in [0.25, 0.3) is 0 Å². The van der Waals surface area contributed by atoms with E-state index in [4.69, 9.17) is 0 Å². The van der Waals surface area contributed by atoms with Gasteiger partial charge in [-0.2, -0.15) is 0 Å². The number of nitrogens with zero attached hydrogens (tertiary/aromatic N) is 1. The van der Waals surface area contributed by atoms with E-state index < -0.39 is 0 Å². The summed E-state index contributed by atoms with van der Waals surface area (Å²) >= 11 is 0. The topological polar surface area (TPSA) is 15.3 Å². The molecular formula is C19H26N2. The predicted octanol–water partition coefficient (Wildman–Crippen LogP) is 4.54. The fourth-order valence-electron chi connectivity index (χ4n) is 2.66. The highest BCUT2D eigenvalue weighted by Gasteiger charge is 2.06. The molecule has 0 aromatic heterocycles. The van der Waals surface area contributed by atoms with Crippen LogP contribution in [0.3, 0.4) is 0 Å². The van der Waals surface area contributed by atoms with Crippen molar-refractivity contribution in [2.24, 2.45) is 0 Å². The summed E-state index contributed by atoms with van der Waals surface area (Å²) in [7, 11) is 4.18. The van der Waals surface area contributed by atoms with Crippen LogP contribution < -0.4 is 5.32 Å². The van der Waals surface area contributed by atoms with Crippen LogP contribution in [-0.4, -0.2) is 19.0 Å². The average molecular weight is 282 g/mol. The third kappa shape index (κ3) is 4.61. The normalized spacial score (nSPS) is 12.5. The van der Waals surface area contributed by atoms with Gasteiger partial charge in [-0.15, -0.1) is 0 Å². The zero-order valence-corrected chi connectivity index (χ0v) is 13.8. The van der Waals surface area contributed by atoms with E-state index in [1.165, 1.54) is 27.9 Å². The van der Waals surface area contributed by atoms with Gasteiger partial charge in [-0.1, -0.05) is 41.5 Å². The first-order chi connectivity index (χ1) is 9.94. The zero-order valence-electron chi connectivity index (χ0n) is 13.8. The molecule has 112 valence electrons. The van der Waals surface area contributed by atoms with Crippen LogP contribution in [0, 0.1) is 13.8 Å². The molecule has 1 atom stereocenters. The van der Waals surface area contributed by atoms with Crippen molar-refractivity contribution in [3.05, 3.63) is 64.7 Å². The maximum absolute atomic E-state index is 3.58. The van der Waals surface area contributed by atoms with E-state index >= 15 is 0 Å². The third-order valence-corrected chi connectivity index (χ3v) is 3.58. The Labute approximate surface area is 128 Å². The first-order valence-electron chi connectivity index (χ1n) is 7.52. The number of hydrogen-bond acceptors (Lipinski definition) is 2. The van der Waals surface area contributed by atoms with Crippen molar-refractivity contribution in [2.75, 3.05) is 19.4 Å². The second-order valence-corrected chi connectivity index (χ2v) is 6.22. The molecule has 0 fully saturated rings. The quantitative estimate of drug-likeness (QED) is 0.866. The lowest BCUT2D eigenvalue weighted by Gasteiger charge is -2.18. The third-order valence-electron chi connectivity index (χ3n) is 3.58. The summed E-state index contributed by atoms with van der Waals surface area (Å²) in [6, 6.07) is 15.7. The van der Waals surface area contributed by atoms with E-state index in [1.54, 1.807) is 0 Å². The van der Waals surface area contributed by atoms with Crippen LogP contribution in [0.4, 0.5) is 5.69 Å². The zero-order chi connectivity index (χ0) is 15.4. The van der Waals surface area contributed by atoms with Crippen LogP contribution >= 0.6 is 0 Å². The summed E-state index contributed by atoms with van der Waals surface area (Å²) in [6.45, 7) is 7.49. The van der Waals surface area contributed by atoms with Crippen molar-refractivity contribution in [2.45, 2.75) is 33.4 Å². The minimum Gasteiger partial charge on any atom is -0.379 e. The lowest BCUT2D eigenvalue weighted by molar-refractivity contribution is 0.402. The average Bonchev–Trinajstić information content (AvgIpc) is 2.39. The Balaban J connectivity index is 2.06. The summed E-state index contributed by atoms with van der Waals surface area (Å²) in [5.74, 6) is 0. The highest BCUT2D eigenvalue weighted by atomic mass is 15.0. The molecule has 0 amide bonds. The van der Waals surface area contributed by atoms with Gasteiger partial charge in [0.25, 0.3) is 0 Å². The van der Waals surface area contributed by atoms with Gasteiger partial charge in [0.15, 0.2) is 0 Å². The lowest BCUT2D eigenvalue weighted by atomic mass is 10.0. The van der Waals surface area contributed by atoms with Crippen molar-refractivity contribution in [3.8, 4) is 0 Å². The van der Waals surface area contributed by atoms with Crippen molar-refractivity contribution in [1.29, 1.82) is 0 Å². The summed E-state index contributed by atoms with van der Waals surface area (Å²) in [5, 5.41) is 3.58. The van der Waals surface area contributed by atoms with Gasteiger partial charge in [-0.3, -0.25) is 0 Å². The molecule has 2 heteroatoms. The Morgan fingerprint density at radius 1 is 0.952 bits per heavy atom. The van der Waals surface area contributed by atoms with Crippen molar-refractivity contribution < 1.29 is 0 Å². The SMILES string of the molecule is Cc1cc(C)cc(C(C)Nc2ccc(CN(C)C)cc2)c1. The summed E-state index contributed by atoms with van der Waals surface area (Å²) < 4.78 is 0. The Morgan fingerprint density at radius 3 is 2.05 bits per heavy atom. The second-order valence-electron chi connectivity index (χ2n) is 6.22. The molecule has 2 aromatic carbocycles. The van der Waals surface area contributed by atoms with Gasteiger partial charge >= 0.3 is 0 Å². The Hall–Kier alpha value is -1.80. The molecule has 2 rings (SSSR count). The van der Waals surface area contributed by atoms with Crippen molar-refractivity contribution >= 4 is 5.69 Å². The van der Waals surface area contributed by atoms with Crippen molar-refractivity contribution in [1.82, 2.24) is 4.90 Å². The fourth-order valence-corrected chi connectivity index (χ4v) is 2.66. The summed E-state index contributed by atoms with van der Waals surface area (Å²) in [4.78, 5) is 2.18. The monoisotopic (exact) mass is 282 g/mol. The predicted molar refractivity (Wildman–Crippen MR) is 91.8 cm³/mol. The molecule has 0 radical (unpaired) electrons. The molecule has 2 aromatic rings. The number of nitrogens with one attached hydrogen (secondary N) is 1. The molecule has 0 saturated carbocycles. The Bertz CT molecular complexity index is 565. The molecule has 1 N–H and O–H groups in total. The molecule has 0 aliphatic carbocycles. The molecule has 0 bridgehead atoms. The van der Waals surface area contributed by atoms with E-state index in [9.17, 15) is 0 Å². The molecule has 0 spiro atoms. The molecule has 0 aliphatic rings. The molecule has 0 saturated heterocycles. The van der Waals surface area contributed by atoms with Gasteiger partial charge in [-0.05, 0) is 58.1 Å². The standard InChI is InChI=1S/C19H26N2/c1-14-10-15(2)12-18(11-14)16(3)20-19-8-6-17(7-9-19)13-21(4)5/h6-12,16,20H,13H2,1-5H3. The maximum atomic E-state index is 3.58. The van der Waals surface area contributed by atoms with Crippen LogP contribution in [0.2, 0.25) is 0 Å². The van der Waals surface area contributed by atoms with Gasteiger partial charge in [0.05, 0.1) is 0 Å². The van der Waals surface area contributed by atoms with Crippen LogP contribution in [-0.2, 0) is 6.54 Å². The molecule has 1 unspecified atom stereocenters. The summed E-state index contributed by atoms with van der Waals surface area (Å²) in [5.41, 5.74) is 6.48. The van der Waals surface area contributed by atoms with Crippen molar-refractivity contribution in [3.63, 3.8) is 0 Å². The Kier molecular flexibility index (Phi) is 5.03. The first kappa shape index (κ1) is 15.6. The van der Waals surface area contributed by atoms with Crippen LogP contribution in [0.5, 0.6) is 0 Å². The summed E-state index contributed by atoms with van der Waals surface area (Å²) in [6.07, 6.45) is 0. The van der Waals surface area contributed by atoms with Gasteiger partial charge in [0.1, 0.15) is 0 Å². The molecular weight excluding hydrogens is 256 g/mol. The highest BCUT2D eigenvalue weighted by molar-refractivity contribution is 5.47. The second kappa shape index (κ2) is 6.77. The maximum Gasteiger partial charge on any atom is 0.0485 e. The Morgan fingerprint density at radius 2 is 1.52 bits per heavy atom.